The van der Waals surface area contributed by atoms with Crippen LogP contribution in [0.3, 0.4) is 0 Å². The van der Waals surface area contributed by atoms with Crippen LogP contribution in [-0.2, 0) is 0 Å². The van der Waals surface area contributed by atoms with Crippen LogP contribution in [0.2, 0.25) is 0 Å². The zero-order valence-corrected chi connectivity index (χ0v) is 8.54. The molecule has 0 saturated heterocycles. The Hall–Kier alpha value is -1.57. The van der Waals surface area contributed by atoms with Gasteiger partial charge in [-0.3, -0.25) is 0 Å². The van der Waals surface area contributed by atoms with Crippen LogP contribution in [0, 0.1) is 0 Å². The molecule has 0 aliphatic rings. The normalized spacial score (nSPS) is 12.3. The Bertz CT molecular complexity index is 466. The fraction of sp³-hybridized carbons (Fsp3) is 0.250. The second-order valence-corrected chi connectivity index (χ2v) is 3.49. The van der Waals surface area contributed by atoms with E-state index in [-0.39, 0.29) is 0 Å². The van der Waals surface area contributed by atoms with Gasteiger partial charge in [-0.1, -0.05) is 18.6 Å². The highest BCUT2D eigenvalue weighted by atomic mass is 14.8. The average Bonchev–Trinajstić information content (AvgIpc) is 2.62. The molecular formula is C12H14N2. The lowest BCUT2D eigenvalue weighted by Crippen LogP contribution is -1.75. The first kappa shape index (κ1) is 9.00. The summed E-state index contributed by atoms with van der Waals surface area (Å²) in [6.45, 7) is 4.31. The molecule has 0 spiro atoms. The first-order valence-electron chi connectivity index (χ1n) is 4.90. The molecule has 2 rings (SSSR count). The first-order valence-corrected chi connectivity index (χ1v) is 4.90. The SMILES string of the molecule is CC/C(C)=C/c1c[nH]c2ncccc12. The van der Waals surface area contributed by atoms with Crippen molar-refractivity contribution in [1.29, 1.82) is 0 Å². The van der Waals surface area contributed by atoms with Gasteiger partial charge in [0.25, 0.3) is 0 Å². The molecule has 0 aromatic carbocycles. The number of allylic oxidation sites excluding steroid dienone is 1. The Kier molecular flexibility index (Phi) is 2.35. The molecule has 0 atom stereocenters. The number of nitrogens with zero attached hydrogens (tertiary/aromatic N) is 1. The van der Waals surface area contributed by atoms with Gasteiger partial charge in [0.15, 0.2) is 0 Å². The second kappa shape index (κ2) is 3.66. The van der Waals surface area contributed by atoms with Gasteiger partial charge in [-0.15, -0.1) is 0 Å². The van der Waals surface area contributed by atoms with Gasteiger partial charge >= 0.3 is 0 Å². The van der Waals surface area contributed by atoms with Crippen molar-refractivity contribution in [3.63, 3.8) is 0 Å². The van der Waals surface area contributed by atoms with Crippen molar-refractivity contribution in [3.05, 3.63) is 35.7 Å². The minimum Gasteiger partial charge on any atom is -0.346 e. The van der Waals surface area contributed by atoms with E-state index >= 15 is 0 Å². The van der Waals surface area contributed by atoms with Crippen LogP contribution in [-0.4, -0.2) is 9.97 Å². The van der Waals surface area contributed by atoms with Gasteiger partial charge in [0.2, 0.25) is 0 Å². The number of H-pyrrole nitrogens is 1. The predicted molar refractivity (Wildman–Crippen MR) is 60.0 cm³/mol. The van der Waals surface area contributed by atoms with Crippen molar-refractivity contribution in [1.82, 2.24) is 9.97 Å². The fourth-order valence-corrected chi connectivity index (χ4v) is 1.46. The number of hydrogen-bond acceptors (Lipinski definition) is 1. The van der Waals surface area contributed by atoms with Gasteiger partial charge in [0, 0.05) is 23.3 Å². The van der Waals surface area contributed by atoms with Crippen LogP contribution in [0.25, 0.3) is 17.1 Å². The summed E-state index contributed by atoms with van der Waals surface area (Å²) in [5, 5.41) is 1.19. The number of pyridine rings is 1. The van der Waals surface area contributed by atoms with Crippen LogP contribution >= 0.6 is 0 Å². The van der Waals surface area contributed by atoms with Crippen LogP contribution in [0.4, 0.5) is 0 Å². The molecule has 0 fully saturated rings. The van der Waals surface area contributed by atoms with Crippen molar-refractivity contribution in [2.75, 3.05) is 0 Å². The highest BCUT2D eigenvalue weighted by Crippen LogP contribution is 2.19. The molecule has 0 radical (unpaired) electrons. The predicted octanol–water partition coefficient (Wildman–Crippen LogP) is 3.38. The van der Waals surface area contributed by atoms with Gasteiger partial charge in [-0.05, 0) is 25.5 Å². The molecule has 0 unspecified atom stereocenters. The topological polar surface area (TPSA) is 28.7 Å². The largest absolute Gasteiger partial charge is 0.346 e. The summed E-state index contributed by atoms with van der Waals surface area (Å²) >= 11 is 0. The maximum Gasteiger partial charge on any atom is 0.137 e. The number of nitrogens with one attached hydrogen (secondary N) is 1. The van der Waals surface area contributed by atoms with Crippen LogP contribution in [0.5, 0.6) is 0 Å². The van der Waals surface area contributed by atoms with Crippen LogP contribution < -0.4 is 0 Å². The van der Waals surface area contributed by atoms with E-state index < -0.39 is 0 Å². The van der Waals surface area contributed by atoms with Crippen molar-refractivity contribution in [3.8, 4) is 0 Å². The molecule has 1 N–H and O–H groups in total. The van der Waals surface area contributed by atoms with E-state index in [1.54, 1.807) is 6.20 Å². The zero-order chi connectivity index (χ0) is 9.97. The highest BCUT2D eigenvalue weighted by molar-refractivity contribution is 5.86. The van der Waals surface area contributed by atoms with E-state index in [9.17, 15) is 0 Å². The molecule has 0 aliphatic carbocycles. The highest BCUT2D eigenvalue weighted by Gasteiger charge is 2.00. The summed E-state index contributed by atoms with van der Waals surface area (Å²) in [5.74, 6) is 0. The molecule has 0 amide bonds. The molecule has 2 heteroatoms. The monoisotopic (exact) mass is 186 g/mol. The molecule has 72 valence electrons. The number of fused-ring (bicyclic) bond motifs is 1. The molecule has 2 heterocycles. The third-order valence-corrected chi connectivity index (χ3v) is 2.44. The summed E-state index contributed by atoms with van der Waals surface area (Å²) < 4.78 is 0. The third kappa shape index (κ3) is 1.55. The molecule has 0 bridgehead atoms. The lowest BCUT2D eigenvalue weighted by Gasteiger charge is -1.94. The average molecular weight is 186 g/mol. The Balaban J connectivity index is 2.53. The summed E-state index contributed by atoms with van der Waals surface area (Å²) in [5.41, 5.74) is 3.57. The fourth-order valence-electron chi connectivity index (χ4n) is 1.46. The first-order chi connectivity index (χ1) is 6.81. The summed E-state index contributed by atoms with van der Waals surface area (Å²) in [6, 6.07) is 4.06. The molecule has 14 heavy (non-hydrogen) atoms. The van der Waals surface area contributed by atoms with Gasteiger partial charge in [-0.2, -0.15) is 0 Å². The standard InChI is InChI=1S/C12H14N2/c1-3-9(2)7-10-8-14-12-11(10)5-4-6-13-12/h4-8H,3H2,1-2H3,(H,13,14)/b9-7+. The minimum absolute atomic E-state index is 0.961. The molecule has 0 saturated carbocycles. The lowest BCUT2D eigenvalue weighted by atomic mass is 10.1. The Labute approximate surface area is 83.7 Å². The quantitative estimate of drug-likeness (QED) is 0.765. The van der Waals surface area contributed by atoms with Crippen molar-refractivity contribution in [2.45, 2.75) is 20.3 Å². The van der Waals surface area contributed by atoms with Gasteiger partial charge < -0.3 is 4.98 Å². The van der Waals surface area contributed by atoms with Gasteiger partial charge in [-0.25, -0.2) is 4.98 Å². The summed E-state index contributed by atoms with van der Waals surface area (Å²) in [6.07, 6.45) is 7.11. The maximum absolute atomic E-state index is 4.25. The Morgan fingerprint density at radius 1 is 1.57 bits per heavy atom. The van der Waals surface area contributed by atoms with Crippen LogP contribution in [0.1, 0.15) is 25.8 Å². The third-order valence-electron chi connectivity index (χ3n) is 2.44. The van der Waals surface area contributed by atoms with Crippen molar-refractivity contribution >= 4 is 17.1 Å². The molecular weight excluding hydrogens is 172 g/mol. The molecule has 2 nitrogen and oxygen atoms in total. The summed E-state index contributed by atoms with van der Waals surface area (Å²) in [7, 11) is 0. The number of rotatable bonds is 2. The van der Waals surface area contributed by atoms with E-state index in [1.807, 2.05) is 12.3 Å². The van der Waals surface area contributed by atoms with Crippen molar-refractivity contribution in [2.24, 2.45) is 0 Å². The number of hydrogen-bond donors (Lipinski definition) is 1. The van der Waals surface area contributed by atoms with E-state index in [1.165, 1.54) is 16.5 Å². The smallest absolute Gasteiger partial charge is 0.137 e. The van der Waals surface area contributed by atoms with E-state index in [0.717, 1.165) is 12.1 Å². The van der Waals surface area contributed by atoms with Crippen molar-refractivity contribution < 1.29 is 0 Å². The van der Waals surface area contributed by atoms with Gasteiger partial charge in [0.05, 0.1) is 0 Å². The Morgan fingerprint density at radius 3 is 3.21 bits per heavy atom. The maximum atomic E-state index is 4.25. The van der Waals surface area contributed by atoms with E-state index in [0.29, 0.717) is 0 Å². The Morgan fingerprint density at radius 2 is 2.43 bits per heavy atom. The molecule has 2 aromatic rings. The van der Waals surface area contributed by atoms with E-state index in [2.05, 4.69) is 36.0 Å². The summed E-state index contributed by atoms with van der Waals surface area (Å²) in [4.78, 5) is 7.41. The molecule has 0 aliphatic heterocycles. The van der Waals surface area contributed by atoms with Gasteiger partial charge in [0.1, 0.15) is 5.65 Å². The minimum atomic E-state index is 0.961. The second-order valence-electron chi connectivity index (χ2n) is 3.49. The number of aromatic nitrogens is 2. The zero-order valence-electron chi connectivity index (χ0n) is 8.54. The van der Waals surface area contributed by atoms with E-state index in [4.69, 9.17) is 0 Å². The number of aromatic amines is 1. The lowest BCUT2D eigenvalue weighted by molar-refractivity contribution is 1.11. The molecule has 2 aromatic heterocycles. The van der Waals surface area contributed by atoms with Crippen LogP contribution in [0.15, 0.2) is 30.1 Å².